The minimum Gasteiger partial charge on any atom is -0.387 e. The zero-order valence-electron chi connectivity index (χ0n) is 32.3. The molecule has 0 amide bonds. The average molecular weight is 1000 g/mol. The van der Waals surface area contributed by atoms with Gasteiger partial charge in [0.2, 0.25) is 24.5 Å². The van der Waals surface area contributed by atoms with Crippen molar-refractivity contribution in [2.45, 2.75) is 49.1 Å². The van der Waals surface area contributed by atoms with Crippen LogP contribution in [0, 0.1) is 5.41 Å². The molecular formula is C26H41N10O24P4+. The van der Waals surface area contributed by atoms with Crippen LogP contribution >= 0.6 is 31.3 Å². The number of rotatable bonds is 20. The highest BCUT2D eigenvalue weighted by molar-refractivity contribution is 7.47. The Morgan fingerprint density at radius 3 is 1.61 bits per heavy atom. The SMILES string of the molecule is C[n+]1cn([C@@H]2O[C@H](COP(=O)(O)OCC(COP(=O)(O)O)(COP(=O)(O)O)COP(=O)(O)OC[C@H]3O[C@@H](n4cnc5c(=O)[nH]c(N)nc54)[C@H](O)[C@@H]3O)[C@@H](O)[C@H]2O)c2nc(N)[nH]c(=O)c21. The first kappa shape index (κ1) is 49.9. The molecule has 2 aliphatic heterocycles. The number of aromatic amines is 2. The van der Waals surface area contributed by atoms with Gasteiger partial charge in [0.15, 0.2) is 17.4 Å². The summed E-state index contributed by atoms with van der Waals surface area (Å²) in [5.74, 6) is -0.647. The molecule has 0 radical (unpaired) electrons. The average Bonchev–Trinajstić information content (AvgIpc) is 3.91. The summed E-state index contributed by atoms with van der Waals surface area (Å²) in [6.45, 7) is -7.93. The number of aryl methyl sites for hydroxylation is 1. The van der Waals surface area contributed by atoms with Gasteiger partial charge in [0.1, 0.15) is 36.6 Å². The van der Waals surface area contributed by atoms with E-state index < -0.39 is 137 Å². The second-order valence-electron chi connectivity index (χ2n) is 14.2. The predicted molar refractivity (Wildman–Crippen MR) is 202 cm³/mol. The lowest BCUT2D eigenvalue weighted by Gasteiger charge is -2.33. The van der Waals surface area contributed by atoms with Crippen molar-refractivity contribution < 1.29 is 109 Å². The van der Waals surface area contributed by atoms with Gasteiger partial charge in [-0.05, 0) is 0 Å². The van der Waals surface area contributed by atoms with Gasteiger partial charge in [0.05, 0.1) is 58.4 Å². The molecule has 6 heterocycles. The van der Waals surface area contributed by atoms with E-state index in [0.29, 0.717) is 0 Å². The van der Waals surface area contributed by atoms with Crippen molar-refractivity contribution in [2.75, 3.05) is 51.1 Å². The third-order valence-electron chi connectivity index (χ3n) is 9.41. The molecular weight excluding hydrogens is 960 g/mol. The minimum absolute atomic E-state index is 0.0188. The number of fused-ring (bicyclic) bond motifs is 2. The van der Waals surface area contributed by atoms with Crippen molar-refractivity contribution >= 4 is 65.5 Å². The molecule has 0 aliphatic carbocycles. The summed E-state index contributed by atoms with van der Waals surface area (Å²) in [6.07, 6.45) is -11.3. The molecule has 2 aliphatic rings. The second kappa shape index (κ2) is 18.6. The monoisotopic (exact) mass is 1000 g/mol. The fourth-order valence-corrected chi connectivity index (χ4v) is 8.89. The third kappa shape index (κ3) is 11.5. The molecule has 38 heteroatoms. The lowest BCUT2D eigenvalue weighted by atomic mass is 9.93. The minimum atomic E-state index is -5.53. The topological polar surface area (TPSA) is 515 Å². The van der Waals surface area contributed by atoms with Crippen molar-refractivity contribution in [3.05, 3.63) is 33.4 Å². The molecule has 358 valence electrons. The molecule has 4 aromatic rings. The number of H-pyrrole nitrogens is 2. The van der Waals surface area contributed by atoms with Crippen LogP contribution in [-0.2, 0) is 61.9 Å². The van der Waals surface area contributed by atoms with Crippen molar-refractivity contribution in [1.82, 2.24) is 34.1 Å². The number of anilines is 2. The van der Waals surface area contributed by atoms with Gasteiger partial charge >= 0.3 is 36.9 Å². The first-order chi connectivity index (χ1) is 29.6. The Kier molecular flexibility index (Phi) is 14.5. The van der Waals surface area contributed by atoms with Crippen LogP contribution in [0.25, 0.3) is 22.3 Å². The van der Waals surface area contributed by atoms with Crippen molar-refractivity contribution in [3.63, 3.8) is 0 Å². The van der Waals surface area contributed by atoms with Crippen molar-refractivity contribution in [3.8, 4) is 0 Å². The maximum absolute atomic E-state index is 13.1. The highest BCUT2D eigenvalue weighted by Crippen LogP contribution is 2.51. The molecule has 2 saturated heterocycles. The fourth-order valence-electron chi connectivity index (χ4n) is 6.32. The van der Waals surface area contributed by atoms with Gasteiger partial charge in [0, 0.05) is 0 Å². The Balaban J connectivity index is 1.13. The van der Waals surface area contributed by atoms with Crippen molar-refractivity contribution in [2.24, 2.45) is 12.5 Å². The van der Waals surface area contributed by atoms with E-state index >= 15 is 0 Å². The molecule has 34 nitrogen and oxygen atoms in total. The van der Waals surface area contributed by atoms with E-state index in [1.54, 1.807) is 0 Å². The summed E-state index contributed by atoms with van der Waals surface area (Å²) in [7, 11) is -20.6. The van der Waals surface area contributed by atoms with Crippen LogP contribution in [-0.4, -0.2) is 160 Å². The van der Waals surface area contributed by atoms with Crippen LogP contribution in [0.5, 0.6) is 0 Å². The quantitative estimate of drug-likeness (QED) is 0.0290. The summed E-state index contributed by atoms with van der Waals surface area (Å²) in [5, 5.41) is 42.8. The Bertz CT molecular complexity index is 2640. The number of aromatic nitrogens is 8. The summed E-state index contributed by atoms with van der Waals surface area (Å²) < 4.78 is 92.7. The molecule has 4 aromatic heterocycles. The molecule has 0 bridgehead atoms. The molecule has 10 atom stereocenters. The first-order valence-electron chi connectivity index (χ1n) is 17.7. The number of phosphoric ester groups is 4. The molecule has 0 saturated carbocycles. The maximum atomic E-state index is 13.1. The lowest BCUT2D eigenvalue weighted by Crippen LogP contribution is -2.41. The molecule has 0 spiro atoms. The maximum Gasteiger partial charge on any atom is 0.472 e. The van der Waals surface area contributed by atoms with Gasteiger partial charge in [-0.1, -0.05) is 0 Å². The normalized spacial score (nSPS) is 26.5. The number of aliphatic hydroxyl groups is 4. The number of aliphatic hydroxyl groups excluding tert-OH is 4. The number of hydrogen-bond donors (Lipinski definition) is 14. The predicted octanol–water partition coefficient (Wildman–Crippen LogP) is -5.44. The number of imidazole rings is 2. The van der Waals surface area contributed by atoms with Crippen LogP contribution in [0.3, 0.4) is 0 Å². The third-order valence-corrected chi connectivity index (χ3v) is 12.2. The summed E-state index contributed by atoms with van der Waals surface area (Å²) in [4.78, 5) is 99.7. The van der Waals surface area contributed by atoms with Gasteiger partial charge in [-0.15, -0.1) is 0 Å². The lowest BCUT2D eigenvalue weighted by molar-refractivity contribution is -0.646. The Morgan fingerprint density at radius 1 is 0.688 bits per heavy atom. The molecule has 6 rings (SSSR count). The number of hydrogen-bond acceptors (Lipinski definition) is 23. The summed E-state index contributed by atoms with van der Waals surface area (Å²) >= 11 is 0. The van der Waals surface area contributed by atoms with E-state index in [0.717, 1.165) is 15.5 Å². The highest BCUT2D eigenvalue weighted by Gasteiger charge is 2.50. The largest absolute Gasteiger partial charge is 0.472 e. The molecule has 2 unspecified atom stereocenters. The highest BCUT2D eigenvalue weighted by atomic mass is 31.2. The standard InChI is InChI=1S/C26H40N10O24P4/c1-34-9-36(19-13(34)21(42)33-25(28)31-19)23-17(40)15(38)11(60-23)3-54-64(51,52)58-7-26(4-55-61(43,44)45,5-56-62(46,47)48)6-57-63(49,50)53-2-10-14(37)16(39)22(59-10)35-8-29-12-18(35)30-24(27)32-20(12)41/h8-11,14-17,22-23,37-40H,2-7H2,1H3,(H11-,27,28,30,31,32,33,41,42,43,44,45,46,47,48,49,50,51,52)/p+1/t10-,11-,14-,15-,16-,17-,22-,23-/m1/s1. The Labute approximate surface area is 354 Å². The van der Waals surface area contributed by atoms with E-state index in [4.69, 9.17) is 39.0 Å². The number of nitrogen functional groups attached to an aromatic ring is 2. The van der Waals surface area contributed by atoms with Crippen LogP contribution in [0.1, 0.15) is 12.5 Å². The van der Waals surface area contributed by atoms with Gasteiger partial charge in [0.25, 0.3) is 16.7 Å². The first-order valence-corrected chi connectivity index (χ1v) is 23.8. The van der Waals surface area contributed by atoms with E-state index in [1.807, 2.05) is 0 Å². The zero-order valence-corrected chi connectivity index (χ0v) is 35.9. The van der Waals surface area contributed by atoms with Gasteiger partial charge in [-0.3, -0.25) is 51.3 Å². The Hall–Kier alpha value is -3.50. The van der Waals surface area contributed by atoms with Crippen LogP contribution < -0.4 is 27.2 Å². The second-order valence-corrected chi connectivity index (χ2v) is 19.6. The smallest absolute Gasteiger partial charge is 0.387 e. The molecule has 64 heavy (non-hydrogen) atoms. The molecule has 0 aromatic carbocycles. The summed E-state index contributed by atoms with van der Waals surface area (Å²) in [5.41, 5.74) is 6.66. The molecule has 16 N–H and O–H groups in total. The van der Waals surface area contributed by atoms with Crippen LogP contribution in [0.2, 0.25) is 0 Å². The summed E-state index contributed by atoms with van der Waals surface area (Å²) in [6, 6.07) is 0. The fraction of sp³-hybridized carbons (Fsp3) is 0.615. The number of ether oxygens (including phenoxy) is 2. The molecule has 2 fully saturated rings. The van der Waals surface area contributed by atoms with Gasteiger partial charge in [-0.25, -0.2) is 27.8 Å². The van der Waals surface area contributed by atoms with E-state index in [9.17, 15) is 77.6 Å². The Morgan fingerprint density at radius 2 is 1.12 bits per heavy atom. The van der Waals surface area contributed by atoms with Crippen LogP contribution in [0.15, 0.2) is 22.2 Å². The van der Waals surface area contributed by atoms with Gasteiger partial charge in [-0.2, -0.15) is 14.5 Å². The number of nitrogens with zero attached hydrogens (tertiary/aromatic N) is 6. The van der Waals surface area contributed by atoms with Crippen molar-refractivity contribution in [1.29, 1.82) is 0 Å². The van der Waals surface area contributed by atoms with E-state index in [1.165, 1.54) is 17.9 Å². The zero-order chi connectivity index (χ0) is 47.3. The van der Waals surface area contributed by atoms with E-state index in [2.05, 4.69) is 34.0 Å². The van der Waals surface area contributed by atoms with Crippen LogP contribution in [0.4, 0.5) is 11.9 Å². The number of nitrogens with one attached hydrogen (secondary N) is 2. The van der Waals surface area contributed by atoms with Gasteiger partial charge < -0.3 is 70.7 Å². The van der Waals surface area contributed by atoms with E-state index in [-0.39, 0.29) is 34.2 Å². The number of phosphoric acid groups is 4. The number of nitrogens with two attached hydrogens (primary N) is 2.